The quantitative estimate of drug-likeness (QED) is 0.398. The lowest BCUT2D eigenvalue weighted by molar-refractivity contribution is -0.384. The van der Waals surface area contributed by atoms with E-state index in [1.807, 2.05) is 31.2 Å². The molecule has 112 valence electrons. The third-order valence-corrected chi connectivity index (χ3v) is 3.12. The average Bonchev–Trinajstić information content (AvgIpc) is 2.53. The van der Waals surface area contributed by atoms with Gasteiger partial charge >= 0.3 is 0 Å². The highest BCUT2D eigenvalue weighted by Crippen LogP contribution is 2.12. The van der Waals surface area contributed by atoms with Crippen molar-refractivity contribution < 1.29 is 4.92 Å². The van der Waals surface area contributed by atoms with E-state index in [9.17, 15) is 10.1 Å². The Balaban J connectivity index is 2.04. The number of hydrazone groups is 1. The van der Waals surface area contributed by atoms with Gasteiger partial charge in [0.25, 0.3) is 5.69 Å². The fourth-order valence-electron chi connectivity index (χ4n) is 1.87. The molecule has 0 aliphatic carbocycles. The van der Waals surface area contributed by atoms with Crippen molar-refractivity contribution in [2.24, 2.45) is 15.9 Å². The van der Waals surface area contributed by atoms with Gasteiger partial charge in [0.05, 0.1) is 11.5 Å². The number of hydrogen-bond acceptors (Lipinski definition) is 5. The number of nitro benzene ring substituents is 1. The fraction of sp³-hybridized carbons (Fsp3) is 0.125. The van der Waals surface area contributed by atoms with E-state index >= 15 is 0 Å². The number of hydrogen-bond donors (Lipinski definition) is 1. The molecule has 0 heterocycles. The molecule has 0 bridgehead atoms. The maximum absolute atomic E-state index is 10.6. The molecule has 0 atom stereocenters. The normalized spacial score (nSPS) is 11.8. The fourth-order valence-corrected chi connectivity index (χ4v) is 1.87. The molecule has 0 amide bonds. The summed E-state index contributed by atoms with van der Waals surface area (Å²) in [5.74, 6) is 5.40. The first-order valence-corrected chi connectivity index (χ1v) is 6.68. The van der Waals surface area contributed by atoms with E-state index in [-0.39, 0.29) is 5.69 Å². The molecule has 22 heavy (non-hydrogen) atoms. The molecule has 2 aromatic rings. The van der Waals surface area contributed by atoms with Crippen molar-refractivity contribution in [1.29, 1.82) is 0 Å². The predicted molar refractivity (Wildman–Crippen MR) is 87.2 cm³/mol. The van der Waals surface area contributed by atoms with Crippen molar-refractivity contribution in [1.82, 2.24) is 0 Å². The molecule has 0 fully saturated rings. The highest BCUT2D eigenvalue weighted by molar-refractivity contribution is 6.38. The Morgan fingerprint density at radius 3 is 2.36 bits per heavy atom. The molecular formula is C16H16N4O2. The van der Waals surface area contributed by atoms with Crippen LogP contribution in [0.3, 0.4) is 0 Å². The van der Waals surface area contributed by atoms with E-state index in [1.165, 1.54) is 12.1 Å². The van der Waals surface area contributed by atoms with Crippen LogP contribution in [-0.2, 0) is 6.54 Å². The summed E-state index contributed by atoms with van der Waals surface area (Å²) >= 11 is 0. The minimum atomic E-state index is -0.427. The molecule has 0 unspecified atom stereocenters. The van der Waals surface area contributed by atoms with Crippen LogP contribution in [0.1, 0.15) is 16.7 Å². The molecule has 0 radical (unpaired) electrons. The molecule has 0 spiro atoms. The van der Waals surface area contributed by atoms with Crippen molar-refractivity contribution in [3.8, 4) is 0 Å². The number of rotatable bonds is 5. The Morgan fingerprint density at radius 1 is 1.18 bits per heavy atom. The largest absolute Gasteiger partial charge is 0.323 e. The van der Waals surface area contributed by atoms with Crippen LogP contribution in [-0.4, -0.2) is 16.8 Å². The Kier molecular flexibility index (Phi) is 4.98. The smallest absolute Gasteiger partial charge is 0.269 e. The average molecular weight is 296 g/mol. The molecule has 0 aromatic heterocycles. The predicted octanol–water partition coefficient (Wildman–Crippen LogP) is 2.84. The van der Waals surface area contributed by atoms with Gasteiger partial charge in [0, 0.05) is 23.9 Å². The second-order valence-corrected chi connectivity index (χ2v) is 4.77. The Bertz CT molecular complexity index is 704. The minimum Gasteiger partial charge on any atom is -0.323 e. The van der Waals surface area contributed by atoms with Gasteiger partial charge in [0.2, 0.25) is 0 Å². The maximum Gasteiger partial charge on any atom is 0.269 e. The summed E-state index contributed by atoms with van der Waals surface area (Å²) in [6, 6.07) is 14.1. The van der Waals surface area contributed by atoms with Gasteiger partial charge in [0.15, 0.2) is 0 Å². The first-order chi connectivity index (χ1) is 10.6. The van der Waals surface area contributed by atoms with Crippen LogP contribution in [0.4, 0.5) is 5.69 Å². The molecule has 0 saturated heterocycles. The van der Waals surface area contributed by atoms with Crippen LogP contribution in [0.2, 0.25) is 0 Å². The summed E-state index contributed by atoms with van der Waals surface area (Å²) in [7, 11) is 0. The Hall–Kier alpha value is -3.02. The zero-order chi connectivity index (χ0) is 15.9. The SMILES string of the molecule is Cc1ccc(/C(C=NCc2ccc([N+](=O)[O-])cc2)=N/N)cc1. The number of nitrogens with two attached hydrogens (primary N) is 1. The number of benzene rings is 2. The van der Waals surface area contributed by atoms with Crippen LogP contribution in [0.15, 0.2) is 58.6 Å². The Labute approximate surface area is 128 Å². The highest BCUT2D eigenvalue weighted by Gasteiger charge is 2.03. The number of nitro groups is 1. The van der Waals surface area contributed by atoms with Gasteiger partial charge in [-0.25, -0.2) is 0 Å². The molecule has 6 heteroatoms. The summed E-state index contributed by atoms with van der Waals surface area (Å²) in [5.41, 5.74) is 3.57. The van der Waals surface area contributed by atoms with E-state index in [0.717, 1.165) is 16.7 Å². The number of non-ortho nitro benzene ring substituents is 1. The van der Waals surface area contributed by atoms with Crippen molar-refractivity contribution in [3.63, 3.8) is 0 Å². The standard InChI is InChI=1S/C16H16N4O2/c1-12-2-6-14(7-3-12)16(19-17)11-18-10-13-4-8-15(9-5-13)20(21)22/h2-9,11H,10,17H2,1H3/b18-11?,19-16+. The second-order valence-electron chi connectivity index (χ2n) is 4.77. The van der Waals surface area contributed by atoms with Crippen molar-refractivity contribution >= 4 is 17.6 Å². The summed E-state index contributed by atoms with van der Waals surface area (Å²) in [6.07, 6.45) is 1.60. The first kappa shape index (κ1) is 15.4. The van der Waals surface area contributed by atoms with Crippen LogP contribution >= 0.6 is 0 Å². The molecule has 2 N–H and O–H groups in total. The molecule has 0 aliphatic heterocycles. The number of nitrogens with zero attached hydrogens (tertiary/aromatic N) is 3. The molecule has 2 aromatic carbocycles. The topological polar surface area (TPSA) is 93.9 Å². The lowest BCUT2D eigenvalue weighted by Gasteiger charge is -2.01. The van der Waals surface area contributed by atoms with Crippen LogP contribution in [0.25, 0.3) is 0 Å². The third kappa shape index (κ3) is 3.99. The molecule has 0 aliphatic rings. The lowest BCUT2D eigenvalue weighted by atomic mass is 10.1. The van der Waals surface area contributed by atoms with E-state index < -0.39 is 4.92 Å². The van der Waals surface area contributed by atoms with E-state index in [2.05, 4.69) is 10.1 Å². The highest BCUT2D eigenvalue weighted by atomic mass is 16.6. The van der Waals surface area contributed by atoms with Gasteiger partial charge in [-0.3, -0.25) is 15.1 Å². The van der Waals surface area contributed by atoms with Crippen LogP contribution in [0, 0.1) is 17.0 Å². The molecular weight excluding hydrogens is 280 g/mol. The first-order valence-electron chi connectivity index (χ1n) is 6.68. The summed E-state index contributed by atoms with van der Waals surface area (Å²) in [4.78, 5) is 14.4. The number of aryl methyl sites for hydroxylation is 1. The summed E-state index contributed by atoms with van der Waals surface area (Å²) in [6.45, 7) is 2.41. The number of aliphatic imine (C=N–C) groups is 1. The van der Waals surface area contributed by atoms with Gasteiger partial charge in [-0.1, -0.05) is 42.0 Å². The van der Waals surface area contributed by atoms with Gasteiger partial charge in [-0.15, -0.1) is 0 Å². The zero-order valence-corrected chi connectivity index (χ0v) is 12.1. The van der Waals surface area contributed by atoms with E-state index in [4.69, 9.17) is 5.84 Å². The molecule has 6 nitrogen and oxygen atoms in total. The monoisotopic (exact) mass is 296 g/mol. The molecule has 2 rings (SSSR count). The van der Waals surface area contributed by atoms with Gasteiger partial charge in [0.1, 0.15) is 5.71 Å². The molecule has 0 saturated carbocycles. The van der Waals surface area contributed by atoms with Crippen molar-refractivity contribution in [2.45, 2.75) is 13.5 Å². The summed E-state index contributed by atoms with van der Waals surface area (Å²) in [5, 5.41) is 14.3. The van der Waals surface area contributed by atoms with Crippen LogP contribution < -0.4 is 5.84 Å². The summed E-state index contributed by atoms with van der Waals surface area (Å²) < 4.78 is 0. The van der Waals surface area contributed by atoms with Gasteiger partial charge in [-0.2, -0.15) is 5.10 Å². The third-order valence-electron chi connectivity index (χ3n) is 3.12. The Morgan fingerprint density at radius 2 is 1.82 bits per heavy atom. The van der Waals surface area contributed by atoms with E-state index in [0.29, 0.717) is 12.3 Å². The van der Waals surface area contributed by atoms with Crippen molar-refractivity contribution in [3.05, 3.63) is 75.3 Å². The van der Waals surface area contributed by atoms with Gasteiger partial charge in [-0.05, 0) is 12.5 Å². The second kappa shape index (κ2) is 7.12. The van der Waals surface area contributed by atoms with Crippen molar-refractivity contribution in [2.75, 3.05) is 0 Å². The van der Waals surface area contributed by atoms with E-state index in [1.54, 1.807) is 18.3 Å². The van der Waals surface area contributed by atoms with Crippen LogP contribution in [0.5, 0.6) is 0 Å². The minimum absolute atomic E-state index is 0.0663. The van der Waals surface area contributed by atoms with Gasteiger partial charge < -0.3 is 5.84 Å². The lowest BCUT2D eigenvalue weighted by Crippen LogP contribution is -2.06. The zero-order valence-electron chi connectivity index (χ0n) is 12.1. The maximum atomic E-state index is 10.6.